The van der Waals surface area contributed by atoms with Crippen molar-refractivity contribution >= 4 is 5.97 Å². The molecule has 0 bridgehead atoms. The first-order valence-electron chi connectivity index (χ1n) is 7.38. The summed E-state index contributed by atoms with van der Waals surface area (Å²) in [6.45, 7) is 3.58. The molecular weight excluding hydrogens is 238 g/mol. The molecule has 1 N–H and O–H groups in total. The van der Waals surface area contributed by atoms with E-state index in [1.807, 2.05) is 6.92 Å². The van der Waals surface area contributed by atoms with Crippen LogP contribution in [-0.2, 0) is 9.53 Å². The maximum Gasteiger partial charge on any atom is 0.315 e. The summed E-state index contributed by atoms with van der Waals surface area (Å²) < 4.78 is 5.27. The Balaban J connectivity index is 1.82. The number of quaternary nitrogens is 1. The first-order chi connectivity index (χ1) is 9.31. The van der Waals surface area contributed by atoms with Crippen molar-refractivity contribution in [2.24, 2.45) is 5.92 Å². The number of benzene rings is 1. The summed E-state index contributed by atoms with van der Waals surface area (Å²) in [5.41, 5.74) is 1.37. The normalized spacial score (nSPS) is 33.1. The monoisotopic (exact) mass is 260 g/mol. The second-order valence-electron chi connectivity index (χ2n) is 5.63. The third-order valence-corrected chi connectivity index (χ3v) is 4.67. The average molecular weight is 260 g/mol. The smallest absolute Gasteiger partial charge is 0.315 e. The van der Waals surface area contributed by atoms with Gasteiger partial charge in [0, 0.05) is 24.8 Å². The van der Waals surface area contributed by atoms with Crippen molar-refractivity contribution in [3.8, 4) is 0 Å². The number of rotatable bonds is 3. The van der Waals surface area contributed by atoms with Gasteiger partial charge in [0.15, 0.2) is 0 Å². The van der Waals surface area contributed by atoms with Crippen LogP contribution in [0.15, 0.2) is 30.3 Å². The molecule has 0 amide bonds. The summed E-state index contributed by atoms with van der Waals surface area (Å²) in [6.07, 6.45) is 3.35. The van der Waals surface area contributed by atoms with E-state index in [-0.39, 0.29) is 11.9 Å². The highest BCUT2D eigenvalue weighted by atomic mass is 16.5. The van der Waals surface area contributed by atoms with Crippen molar-refractivity contribution < 1.29 is 14.4 Å². The van der Waals surface area contributed by atoms with Crippen LogP contribution >= 0.6 is 0 Å². The average Bonchev–Trinajstić information content (AvgIpc) is 3.01. The molecule has 0 aliphatic carbocycles. The summed E-state index contributed by atoms with van der Waals surface area (Å²) >= 11 is 0. The minimum atomic E-state index is 0.0188. The zero-order chi connectivity index (χ0) is 13.2. The van der Waals surface area contributed by atoms with Gasteiger partial charge >= 0.3 is 5.97 Å². The lowest BCUT2D eigenvalue weighted by atomic mass is 9.94. The molecule has 3 nitrogen and oxygen atoms in total. The van der Waals surface area contributed by atoms with Crippen molar-refractivity contribution in [3.63, 3.8) is 0 Å². The SMILES string of the molecule is CCOC(=O)[C@@H]1C[C@H](c2ccccc2)[NH+]2CCC[C@@H]12. The van der Waals surface area contributed by atoms with E-state index in [1.54, 1.807) is 4.90 Å². The van der Waals surface area contributed by atoms with Crippen molar-refractivity contribution in [1.29, 1.82) is 0 Å². The Morgan fingerprint density at radius 2 is 2.16 bits per heavy atom. The Morgan fingerprint density at radius 1 is 1.37 bits per heavy atom. The maximum atomic E-state index is 12.1. The number of carbonyl (C=O) groups excluding carboxylic acids is 1. The number of carbonyl (C=O) groups is 1. The Labute approximate surface area is 114 Å². The van der Waals surface area contributed by atoms with Crippen molar-refractivity contribution in [2.45, 2.75) is 38.3 Å². The topological polar surface area (TPSA) is 30.7 Å². The summed E-state index contributed by atoms with van der Waals surface area (Å²) in [5.74, 6) is 0.119. The van der Waals surface area contributed by atoms with Gasteiger partial charge in [-0.05, 0) is 6.92 Å². The van der Waals surface area contributed by atoms with Gasteiger partial charge < -0.3 is 9.64 Å². The molecule has 102 valence electrons. The number of nitrogens with one attached hydrogen (secondary N) is 1. The van der Waals surface area contributed by atoms with Gasteiger partial charge in [0.25, 0.3) is 0 Å². The minimum absolute atomic E-state index is 0.0188. The predicted octanol–water partition coefficient (Wildman–Crippen LogP) is 1.36. The maximum absolute atomic E-state index is 12.1. The van der Waals surface area contributed by atoms with E-state index in [4.69, 9.17) is 4.74 Å². The second kappa shape index (κ2) is 5.33. The third-order valence-electron chi connectivity index (χ3n) is 4.67. The van der Waals surface area contributed by atoms with Gasteiger partial charge in [0.05, 0.1) is 13.2 Å². The number of esters is 1. The molecule has 1 aromatic carbocycles. The third kappa shape index (κ3) is 2.27. The lowest BCUT2D eigenvalue weighted by Gasteiger charge is -2.21. The molecule has 1 aromatic rings. The van der Waals surface area contributed by atoms with Gasteiger partial charge in [-0.2, -0.15) is 0 Å². The van der Waals surface area contributed by atoms with Gasteiger partial charge in [-0.3, -0.25) is 4.79 Å². The number of hydrogen-bond donors (Lipinski definition) is 1. The molecule has 0 aromatic heterocycles. The van der Waals surface area contributed by atoms with Crippen molar-refractivity contribution in [2.75, 3.05) is 13.2 Å². The molecule has 0 radical (unpaired) electrons. The van der Waals surface area contributed by atoms with E-state index in [9.17, 15) is 4.79 Å². The molecular formula is C16H22NO2+. The van der Waals surface area contributed by atoms with E-state index in [0.29, 0.717) is 18.7 Å². The molecule has 0 saturated carbocycles. The summed E-state index contributed by atoms with van der Waals surface area (Å²) in [5, 5.41) is 0. The van der Waals surface area contributed by atoms with Crippen LogP contribution < -0.4 is 4.90 Å². The van der Waals surface area contributed by atoms with Gasteiger partial charge in [0.2, 0.25) is 0 Å². The Morgan fingerprint density at radius 3 is 2.89 bits per heavy atom. The quantitative estimate of drug-likeness (QED) is 0.832. The first kappa shape index (κ1) is 12.7. The molecule has 0 spiro atoms. The van der Waals surface area contributed by atoms with Gasteiger partial charge in [0.1, 0.15) is 18.0 Å². The number of fused-ring (bicyclic) bond motifs is 1. The number of hydrogen-bond acceptors (Lipinski definition) is 2. The van der Waals surface area contributed by atoms with Crippen LogP contribution in [0.25, 0.3) is 0 Å². The van der Waals surface area contributed by atoms with Crippen molar-refractivity contribution in [1.82, 2.24) is 0 Å². The van der Waals surface area contributed by atoms with Crippen LogP contribution in [-0.4, -0.2) is 25.2 Å². The molecule has 2 heterocycles. The van der Waals surface area contributed by atoms with Crippen LogP contribution in [0.5, 0.6) is 0 Å². The van der Waals surface area contributed by atoms with Gasteiger partial charge in [-0.25, -0.2) is 0 Å². The lowest BCUT2D eigenvalue weighted by Crippen LogP contribution is -3.12. The first-order valence-corrected chi connectivity index (χ1v) is 7.38. The molecule has 3 rings (SSSR count). The van der Waals surface area contributed by atoms with Gasteiger partial charge in [-0.15, -0.1) is 0 Å². The molecule has 3 heteroatoms. The van der Waals surface area contributed by atoms with E-state index in [1.165, 1.54) is 24.9 Å². The fourth-order valence-corrected chi connectivity index (χ4v) is 3.90. The molecule has 19 heavy (non-hydrogen) atoms. The fraction of sp³-hybridized carbons (Fsp3) is 0.562. The van der Waals surface area contributed by atoms with E-state index < -0.39 is 0 Å². The molecule has 2 fully saturated rings. The molecule has 2 aliphatic heterocycles. The number of ether oxygens (including phenoxy) is 1. The van der Waals surface area contributed by atoms with Crippen molar-refractivity contribution in [3.05, 3.63) is 35.9 Å². The lowest BCUT2D eigenvalue weighted by molar-refractivity contribution is -0.930. The molecule has 1 unspecified atom stereocenters. The highest BCUT2D eigenvalue weighted by Gasteiger charge is 2.51. The Hall–Kier alpha value is -1.35. The summed E-state index contributed by atoms with van der Waals surface area (Å²) in [7, 11) is 0. The Kier molecular flexibility index (Phi) is 3.56. The fourth-order valence-electron chi connectivity index (χ4n) is 3.90. The molecule has 2 saturated heterocycles. The van der Waals surface area contributed by atoms with Crippen LogP contribution in [0.3, 0.4) is 0 Å². The van der Waals surface area contributed by atoms with E-state index >= 15 is 0 Å². The van der Waals surface area contributed by atoms with E-state index in [0.717, 1.165) is 6.42 Å². The zero-order valence-electron chi connectivity index (χ0n) is 11.5. The van der Waals surface area contributed by atoms with Crippen LogP contribution in [0, 0.1) is 5.92 Å². The molecule has 4 atom stereocenters. The standard InChI is InChI=1S/C16H21NO2/c1-2-19-16(18)13-11-15(12-7-4-3-5-8-12)17-10-6-9-14(13)17/h3-5,7-8,13-15H,2,6,9-11H2,1H3/p+1/t13-,14+,15-/m1/s1. The van der Waals surface area contributed by atoms with Crippen LogP contribution in [0.1, 0.15) is 37.8 Å². The predicted molar refractivity (Wildman–Crippen MR) is 72.8 cm³/mol. The summed E-state index contributed by atoms with van der Waals surface area (Å²) in [4.78, 5) is 13.7. The van der Waals surface area contributed by atoms with Gasteiger partial charge in [-0.1, -0.05) is 30.3 Å². The van der Waals surface area contributed by atoms with Crippen LogP contribution in [0.2, 0.25) is 0 Å². The Bertz CT molecular complexity index is 445. The highest BCUT2D eigenvalue weighted by molar-refractivity contribution is 5.73. The van der Waals surface area contributed by atoms with E-state index in [2.05, 4.69) is 30.3 Å². The highest BCUT2D eigenvalue weighted by Crippen LogP contribution is 2.32. The largest absolute Gasteiger partial charge is 0.466 e. The summed E-state index contributed by atoms with van der Waals surface area (Å²) in [6, 6.07) is 11.6. The zero-order valence-corrected chi connectivity index (χ0v) is 11.5. The minimum Gasteiger partial charge on any atom is -0.466 e. The molecule has 2 aliphatic rings. The second-order valence-corrected chi connectivity index (χ2v) is 5.63. The van der Waals surface area contributed by atoms with Crippen LogP contribution in [0.4, 0.5) is 0 Å².